The molecule has 0 spiro atoms. The van der Waals surface area contributed by atoms with Crippen LogP contribution in [-0.2, 0) is 11.3 Å². The van der Waals surface area contributed by atoms with Crippen molar-refractivity contribution in [3.63, 3.8) is 0 Å². The fraction of sp³-hybridized carbons (Fsp3) is 0.160. The Kier molecular flexibility index (Phi) is 6.37. The average Bonchev–Trinajstić information content (AvgIpc) is 2.83. The Bertz CT molecular complexity index is 1580. The molecular formula is C25H21F2N3O5. The topological polar surface area (TPSA) is 91.6 Å². The Labute approximate surface area is 198 Å². The molecule has 0 saturated heterocycles. The summed E-state index contributed by atoms with van der Waals surface area (Å²) in [6, 6.07) is 12.1. The average molecular weight is 481 g/mol. The van der Waals surface area contributed by atoms with Crippen LogP contribution in [0.3, 0.4) is 0 Å². The number of methoxy groups -OCH3 is 2. The van der Waals surface area contributed by atoms with Crippen LogP contribution in [0, 0.1) is 18.6 Å². The van der Waals surface area contributed by atoms with Gasteiger partial charge in [-0.25, -0.2) is 18.1 Å². The molecule has 180 valence electrons. The van der Waals surface area contributed by atoms with Gasteiger partial charge in [0.15, 0.2) is 11.5 Å². The minimum Gasteiger partial charge on any atom is -0.493 e. The number of ether oxygens (including phenoxy) is 2. The zero-order valence-electron chi connectivity index (χ0n) is 19.1. The van der Waals surface area contributed by atoms with Gasteiger partial charge in [0.05, 0.1) is 30.8 Å². The smallest absolute Gasteiger partial charge is 0.336 e. The van der Waals surface area contributed by atoms with Crippen molar-refractivity contribution in [3.8, 4) is 17.2 Å². The molecule has 3 aromatic carbocycles. The van der Waals surface area contributed by atoms with Gasteiger partial charge < -0.3 is 14.8 Å². The number of benzene rings is 3. The van der Waals surface area contributed by atoms with Crippen molar-refractivity contribution in [2.24, 2.45) is 0 Å². The molecule has 4 aromatic rings. The second-order valence-electron chi connectivity index (χ2n) is 7.74. The molecule has 0 atom stereocenters. The fourth-order valence-electron chi connectivity index (χ4n) is 3.77. The molecule has 0 unspecified atom stereocenters. The molecule has 1 N–H and O–H groups in total. The number of aryl methyl sites for hydroxylation is 1. The summed E-state index contributed by atoms with van der Waals surface area (Å²) in [7, 11) is 2.93. The third-order valence-electron chi connectivity index (χ3n) is 5.42. The first-order valence-corrected chi connectivity index (χ1v) is 10.5. The molecule has 0 aliphatic heterocycles. The van der Waals surface area contributed by atoms with E-state index in [2.05, 4.69) is 5.32 Å². The molecule has 1 aromatic heterocycles. The predicted molar refractivity (Wildman–Crippen MR) is 127 cm³/mol. The molecule has 0 aliphatic carbocycles. The van der Waals surface area contributed by atoms with Crippen LogP contribution in [-0.4, -0.2) is 29.3 Å². The van der Waals surface area contributed by atoms with E-state index in [1.54, 1.807) is 37.3 Å². The second kappa shape index (κ2) is 9.41. The number of nitrogens with zero attached hydrogens (tertiary/aromatic N) is 2. The van der Waals surface area contributed by atoms with Gasteiger partial charge >= 0.3 is 5.69 Å². The van der Waals surface area contributed by atoms with Gasteiger partial charge in [-0.05, 0) is 43.3 Å². The second-order valence-corrected chi connectivity index (χ2v) is 7.74. The lowest BCUT2D eigenvalue weighted by Crippen LogP contribution is -2.41. The molecule has 1 heterocycles. The van der Waals surface area contributed by atoms with Crippen molar-refractivity contribution in [3.05, 3.63) is 92.6 Å². The lowest BCUT2D eigenvalue weighted by Gasteiger charge is -2.15. The van der Waals surface area contributed by atoms with Crippen molar-refractivity contribution < 1.29 is 23.0 Å². The molecule has 0 bridgehead atoms. The number of hydrogen-bond donors (Lipinski definition) is 1. The fourth-order valence-corrected chi connectivity index (χ4v) is 3.77. The van der Waals surface area contributed by atoms with Crippen LogP contribution >= 0.6 is 0 Å². The van der Waals surface area contributed by atoms with E-state index in [1.165, 1.54) is 20.3 Å². The van der Waals surface area contributed by atoms with Crippen molar-refractivity contribution in [1.29, 1.82) is 0 Å². The number of rotatable bonds is 6. The van der Waals surface area contributed by atoms with Crippen molar-refractivity contribution in [1.82, 2.24) is 9.13 Å². The van der Waals surface area contributed by atoms with Gasteiger partial charge in [0.2, 0.25) is 5.91 Å². The first-order valence-electron chi connectivity index (χ1n) is 10.5. The third kappa shape index (κ3) is 4.50. The summed E-state index contributed by atoms with van der Waals surface area (Å²) in [5.41, 5.74) is -0.833. The third-order valence-corrected chi connectivity index (χ3v) is 5.42. The molecule has 0 saturated carbocycles. The standard InChI is InChI=1S/C25H21F2N3O5/c1-14-4-7-19-17(10-14)24(32)30(20-8-5-15(26)11-18(20)27)25(33)29(19)13-23(31)28-16-6-9-21(34-2)22(12-16)35-3/h4-12H,13H2,1-3H3,(H,28,31). The van der Waals surface area contributed by atoms with Gasteiger partial charge in [-0.15, -0.1) is 0 Å². The van der Waals surface area contributed by atoms with Gasteiger partial charge in [0.1, 0.15) is 18.2 Å². The van der Waals surface area contributed by atoms with E-state index in [4.69, 9.17) is 9.47 Å². The summed E-state index contributed by atoms with van der Waals surface area (Å²) in [5, 5.41) is 2.77. The number of nitrogens with one attached hydrogen (secondary N) is 1. The highest BCUT2D eigenvalue weighted by atomic mass is 19.1. The van der Waals surface area contributed by atoms with Crippen LogP contribution in [0.25, 0.3) is 16.6 Å². The molecule has 8 nitrogen and oxygen atoms in total. The number of hydrogen-bond acceptors (Lipinski definition) is 5. The van der Waals surface area contributed by atoms with Gasteiger partial charge in [0.25, 0.3) is 5.56 Å². The van der Waals surface area contributed by atoms with Crippen LogP contribution in [0.4, 0.5) is 14.5 Å². The minimum atomic E-state index is -1.09. The Morgan fingerprint density at radius 3 is 2.37 bits per heavy atom. The van der Waals surface area contributed by atoms with Gasteiger partial charge in [-0.1, -0.05) is 11.6 Å². The summed E-state index contributed by atoms with van der Waals surface area (Å²) < 4.78 is 40.1. The van der Waals surface area contributed by atoms with Gasteiger partial charge in [-0.3, -0.25) is 14.2 Å². The van der Waals surface area contributed by atoms with E-state index in [-0.39, 0.29) is 10.9 Å². The number of aromatic nitrogens is 2. The Balaban J connectivity index is 1.82. The van der Waals surface area contributed by atoms with E-state index in [0.717, 1.165) is 22.3 Å². The molecule has 35 heavy (non-hydrogen) atoms. The number of amides is 1. The number of halogens is 2. The zero-order chi connectivity index (χ0) is 25.3. The van der Waals surface area contributed by atoms with E-state index < -0.39 is 41.0 Å². The van der Waals surface area contributed by atoms with Crippen molar-refractivity contribution >= 4 is 22.5 Å². The Morgan fingerprint density at radius 2 is 1.69 bits per heavy atom. The largest absolute Gasteiger partial charge is 0.493 e. The first-order chi connectivity index (χ1) is 16.7. The van der Waals surface area contributed by atoms with E-state index in [9.17, 15) is 23.2 Å². The van der Waals surface area contributed by atoms with E-state index in [0.29, 0.717) is 27.8 Å². The monoisotopic (exact) mass is 481 g/mol. The number of carbonyl (C=O) groups excluding carboxylic acids is 1. The first kappa shape index (κ1) is 23.7. The van der Waals surface area contributed by atoms with Crippen LogP contribution in [0.5, 0.6) is 11.5 Å². The molecule has 0 fully saturated rings. The highest BCUT2D eigenvalue weighted by Crippen LogP contribution is 2.29. The number of fused-ring (bicyclic) bond motifs is 1. The van der Waals surface area contributed by atoms with Crippen molar-refractivity contribution in [2.75, 3.05) is 19.5 Å². The molecule has 0 radical (unpaired) electrons. The SMILES string of the molecule is COc1ccc(NC(=O)Cn2c(=O)n(-c3ccc(F)cc3F)c(=O)c3cc(C)ccc32)cc1OC. The lowest BCUT2D eigenvalue weighted by molar-refractivity contribution is -0.116. The maximum absolute atomic E-state index is 14.5. The van der Waals surface area contributed by atoms with Crippen LogP contribution in [0.1, 0.15) is 5.56 Å². The number of anilines is 1. The van der Waals surface area contributed by atoms with Crippen molar-refractivity contribution in [2.45, 2.75) is 13.5 Å². The maximum Gasteiger partial charge on any atom is 0.336 e. The molecule has 0 aliphatic rings. The Morgan fingerprint density at radius 1 is 0.943 bits per heavy atom. The zero-order valence-corrected chi connectivity index (χ0v) is 19.1. The van der Waals surface area contributed by atoms with E-state index in [1.807, 2.05) is 0 Å². The van der Waals surface area contributed by atoms with Crippen LogP contribution in [0.2, 0.25) is 0 Å². The Hall–Kier alpha value is -4.47. The summed E-state index contributed by atoms with van der Waals surface area (Å²) in [6.45, 7) is 1.27. The lowest BCUT2D eigenvalue weighted by atomic mass is 10.1. The summed E-state index contributed by atoms with van der Waals surface area (Å²) >= 11 is 0. The molecular weight excluding hydrogens is 460 g/mol. The predicted octanol–water partition coefficient (Wildman–Crippen LogP) is 3.39. The number of carbonyl (C=O) groups is 1. The molecule has 1 amide bonds. The molecule has 10 heteroatoms. The quantitative estimate of drug-likeness (QED) is 0.456. The van der Waals surface area contributed by atoms with Crippen LogP contribution in [0.15, 0.2) is 64.2 Å². The molecule has 4 rings (SSSR count). The highest BCUT2D eigenvalue weighted by molar-refractivity contribution is 5.92. The van der Waals surface area contributed by atoms with E-state index >= 15 is 0 Å². The van der Waals surface area contributed by atoms with Crippen LogP contribution < -0.4 is 26.0 Å². The summed E-state index contributed by atoms with van der Waals surface area (Å²) in [5.74, 6) is -1.66. The van der Waals surface area contributed by atoms with Gasteiger partial charge in [-0.2, -0.15) is 0 Å². The van der Waals surface area contributed by atoms with Gasteiger partial charge in [0, 0.05) is 17.8 Å². The normalized spacial score (nSPS) is 10.9. The maximum atomic E-state index is 14.5. The minimum absolute atomic E-state index is 0.104. The summed E-state index contributed by atoms with van der Waals surface area (Å²) in [4.78, 5) is 39.4. The highest BCUT2D eigenvalue weighted by Gasteiger charge is 2.19. The summed E-state index contributed by atoms with van der Waals surface area (Å²) in [6.07, 6.45) is 0.